The van der Waals surface area contributed by atoms with Crippen LogP contribution in [0.1, 0.15) is 31.4 Å². The van der Waals surface area contributed by atoms with E-state index in [0.29, 0.717) is 10.6 Å². The average molecular weight is 319 g/mol. The molecule has 6 heteroatoms. The number of hydrogen-bond donors (Lipinski definition) is 2. The van der Waals surface area contributed by atoms with Crippen molar-refractivity contribution in [3.8, 4) is 0 Å². The van der Waals surface area contributed by atoms with Gasteiger partial charge in [-0.15, -0.1) is 0 Å². The van der Waals surface area contributed by atoms with E-state index in [1.54, 1.807) is 6.92 Å². The molecule has 2 N–H and O–H groups in total. The van der Waals surface area contributed by atoms with Gasteiger partial charge in [0.25, 0.3) is 0 Å². The molecular weight excluding hydrogens is 302 g/mol. The lowest BCUT2D eigenvalue weighted by atomic mass is 10.1. The van der Waals surface area contributed by atoms with E-state index >= 15 is 0 Å². The Morgan fingerprint density at radius 2 is 2.10 bits per heavy atom. The van der Waals surface area contributed by atoms with Crippen LogP contribution < -0.4 is 10.6 Å². The Hall–Kier alpha value is -0.840. The van der Waals surface area contributed by atoms with E-state index < -0.39 is 5.82 Å². The van der Waals surface area contributed by atoms with Gasteiger partial charge in [-0.05, 0) is 49.9 Å². The molecule has 1 aromatic rings. The monoisotopic (exact) mass is 318 g/mol. The van der Waals surface area contributed by atoms with Crippen LogP contribution in [-0.4, -0.2) is 19.0 Å². The van der Waals surface area contributed by atoms with Crippen LogP contribution in [0, 0.1) is 11.7 Å². The van der Waals surface area contributed by atoms with E-state index in [9.17, 15) is 9.18 Å². The minimum Gasteiger partial charge on any atom is -0.348 e. The predicted octanol–water partition coefficient (Wildman–Crippen LogP) is 3.31. The van der Waals surface area contributed by atoms with Crippen LogP contribution in [-0.2, 0) is 4.79 Å². The van der Waals surface area contributed by atoms with E-state index in [1.165, 1.54) is 25.0 Å². The summed E-state index contributed by atoms with van der Waals surface area (Å²) in [4.78, 5) is 11.8. The van der Waals surface area contributed by atoms with Gasteiger partial charge in [-0.1, -0.05) is 23.2 Å². The molecule has 1 fully saturated rings. The minimum atomic E-state index is -0.543. The van der Waals surface area contributed by atoms with Gasteiger partial charge in [0.15, 0.2) is 0 Å². The molecule has 3 nitrogen and oxygen atoms in total. The van der Waals surface area contributed by atoms with E-state index in [2.05, 4.69) is 10.6 Å². The van der Waals surface area contributed by atoms with Crippen molar-refractivity contribution in [1.82, 2.24) is 10.6 Å². The number of amides is 1. The average Bonchev–Trinajstić information content (AvgIpc) is 3.17. The summed E-state index contributed by atoms with van der Waals surface area (Å²) in [5, 5.41) is 6.20. The van der Waals surface area contributed by atoms with Crippen molar-refractivity contribution in [3.63, 3.8) is 0 Å². The highest BCUT2D eigenvalue weighted by atomic mass is 35.5. The molecular formula is C14H17Cl2FN2O. The molecule has 1 saturated carbocycles. The molecule has 0 radical (unpaired) electrons. The summed E-state index contributed by atoms with van der Waals surface area (Å²) in [6, 6.07) is 2.24. The molecule has 1 aliphatic carbocycles. The summed E-state index contributed by atoms with van der Waals surface area (Å²) in [7, 11) is 0. The van der Waals surface area contributed by atoms with Gasteiger partial charge in [-0.3, -0.25) is 4.79 Å². The van der Waals surface area contributed by atoms with Gasteiger partial charge < -0.3 is 10.6 Å². The highest BCUT2D eigenvalue weighted by Crippen LogP contribution is 2.29. The van der Waals surface area contributed by atoms with Crippen LogP contribution in [0.25, 0.3) is 0 Å². The predicted molar refractivity (Wildman–Crippen MR) is 78.6 cm³/mol. The van der Waals surface area contributed by atoms with Gasteiger partial charge in [0.05, 0.1) is 17.6 Å². The summed E-state index contributed by atoms with van der Waals surface area (Å²) in [5.41, 5.74) is 0.518. The zero-order valence-corrected chi connectivity index (χ0v) is 12.7. The molecule has 20 heavy (non-hydrogen) atoms. The second-order valence-electron chi connectivity index (χ2n) is 5.15. The van der Waals surface area contributed by atoms with Crippen molar-refractivity contribution in [2.24, 2.45) is 5.92 Å². The third-order valence-corrected chi connectivity index (χ3v) is 3.92. The number of hydrogen-bond acceptors (Lipinski definition) is 2. The second-order valence-corrected chi connectivity index (χ2v) is 5.97. The first-order chi connectivity index (χ1) is 9.47. The maximum absolute atomic E-state index is 13.4. The zero-order chi connectivity index (χ0) is 14.7. The van der Waals surface area contributed by atoms with Crippen LogP contribution in [0.2, 0.25) is 10.0 Å². The topological polar surface area (TPSA) is 41.1 Å². The maximum Gasteiger partial charge on any atom is 0.234 e. The van der Waals surface area contributed by atoms with Crippen molar-refractivity contribution in [3.05, 3.63) is 33.6 Å². The lowest BCUT2D eigenvalue weighted by Crippen LogP contribution is -2.36. The zero-order valence-electron chi connectivity index (χ0n) is 11.2. The fourth-order valence-corrected chi connectivity index (χ4v) is 2.50. The van der Waals surface area contributed by atoms with Crippen LogP contribution in [0.15, 0.2) is 12.1 Å². The SMILES string of the molecule is CC(NC(=O)CNCC1CC1)c1cc(F)c(Cl)cc1Cl. The molecule has 2 rings (SSSR count). The molecule has 0 spiro atoms. The Kier molecular flexibility index (Phi) is 5.24. The van der Waals surface area contributed by atoms with Crippen molar-refractivity contribution in [2.45, 2.75) is 25.8 Å². The number of carbonyl (C=O) groups excluding carboxylic acids is 1. The lowest BCUT2D eigenvalue weighted by Gasteiger charge is -2.16. The normalized spacial score (nSPS) is 16.0. The molecule has 0 aromatic heterocycles. The summed E-state index contributed by atoms with van der Waals surface area (Å²) in [6.07, 6.45) is 2.48. The fourth-order valence-electron chi connectivity index (χ4n) is 1.95. The van der Waals surface area contributed by atoms with Gasteiger partial charge in [0.2, 0.25) is 5.91 Å². The standard InChI is InChI=1S/C14H17Cl2FN2O/c1-8(10-4-13(17)12(16)5-11(10)15)19-14(20)7-18-6-9-2-3-9/h4-5,8-9,18H,2-3,6-7H2,1H3,(H,19,20). The largest absolute Gasteiger partial charge is 0.348 e. The van der Waals surface area contributed by atoms with Crippen LogP contribution >= 0.6 is 23.2 Å². The van der Waals surface area contributed by atoms with Crippen LogP contribution in [0.5, 0.6) is 0 Å². The van der Waals surface area contributed by atoms with Gasteiger partial charge in [0, 0.05) is 5.02 Å². The molecule has 1 aliphatic rings. The van der Waals surface area contributed by atoms with Gasteiger partial charge in [0.1, 0.15) is 5.82 Å². The van der Waals surface area contributed by atoms with Crippen LogP contribution in [0.4, 0.5) is 4.39 Å². The first kappa shape index (κ1) is 15.5. The number of halogens is 3. The van der Waals surface area contributed by atoms with E-state index in [4.69, 9.17) is 23.2 Å². The molecule has 1 aromatic carbocycles. The maximum atomic E-state index is 13.4. The van der Waals surface area contributed by atoms with Crippen molar-refractivity contribution in [1.29, 1.82) is 0 Å². The summed E-state index contributed by atoms with van der Waals surface area (Å²) in [5.74, 6) is 0.0450. The minimum absolute atomic E-state index is 0.0247. The highest BCUT2D eigenvalue weighted by molar-refractivity contribution is 6.35. The number of nitrogens with one attached hydrogen (secondary N) is 2. The number of benzene rings is 1. The number of carbonyl (C=O) groups is 1. The first-order valence-corrected chi connectivity index (χ1v) is 7.37. The van der Waals surface area contributed by atoms with Crippen LogP contribution in [0.3, 0.4) is 0 Å². The summed E-state index contributed by atoms with van der Waals surface area (Å²) < 4.78 is 13.4. The Bertz CT molecular complexity index is 506. The highest BCUT2D eigenvalue weighted by Gasteiger charge is 2.21. The Morgan fingerprint density at radius 1 is 1.40 bits per heavy atom. The van der Waals surface area contributed by atoms with Crippen molar-refractivity contribution < 1.29 is 9.18 Å². The second kappa shape index (κ2) is 6.74. The molecule has 1 unspecified atom stereocenters. The van der Waals surface area contributed by atoms with E-state index in [-0.39, 0.29) is 23.5 Å². The van der Waals surface area contributed by atoms with Gasteiger partial charge >= 0.3 is 0 Å². The molecule has 110 valence electrons. The molecule has 0 aliphatic heterocycles. The van der Waals surface area contributed by atoms with Gasteiger partial charge in [-0.25, -0.2) is 4.39 Å². The fraction of sp³-hybridized carbons (Fsp3) is 0.500. The molecule has 1 atom stereocenters. The molecule has 0 saturated heterocycles. The van der Waals surface area contributed by atoms with Crippen molar-refractivity contribution >= 4 is 29.1 Å². The smallest absolute Gasteiger partial charge is 0.234 e. The Balaban J connectivity index is 1.88. The molecule has 0 bridgehead atoms. The third-order valence-electron chi connectivity index (χ3n) is 3.30. The van der Waals surface area contributed by atoms with Gasteiger partial charge in [-0.2, -0.15) is 0 Å². The number of rotatable bonds is 6. The lowest BCUT2D eigenvalue weighted by molar-refractivity contribution is -0.120. The van der Waals surface area contributed by atoms with Crippen molar-refractivity contribution in [2.75, 3.05) is 13.1 Å². The molecule has 0 heterocycles. The van der Waals surface area contributed by atoms with E-state index in [1.807, 2.05) is 0 Å². The Morgan fingerprint density at radius 3 is 2.75 bits per heavy atom. The Labute approximate surface area is 127 Å². The first-order valence-electron chi connectivity index (χ1n) is 6.62. The molecule has 1 amide bonds. The third kappa shape index (κ3) is 4.33. The van der Waals surface area contributed by atoms with E-state index in [0.717, 1.165) is 12.5 Å². The summed E-state index contributed by atoms with van der Waals surface area (Å²) >= 11 is 11.7. The summed E-state index contributed by atoms with van der Waals surface area (Å²) in [6.45, 7) is 2.89. The quantitative estimate of drug-likeness (QED) is 0.790.